The SMILES string of the molecule is Cc1[nH]nc(N)c1C(=O)NC1CCC(C)C1. The maximum atomic E-state index is 12.0. The molecule has 1 amide bonds. The summed E-state index contributed by atoms with van der Waals surface area (Å²) < 4.78 is 0. The highest BCUT2D eigenvalue weighted by Gasteiger charge is 2.25. The Balaban J connectivity index is 2.03. The smallest absolute Gasteiger partial charge is 0.257 e. The summed E-state index contributed by atoms with van der Waals surface area (Å²) in [6.45, 7) is 4.01. The van der Waals surface area contributed by atoms with Gasteiger partial charge in [0.2, 0.25) is 0 Å². The zero-order valence-electron chi connectivity index (χ0n) is 9.71. The minimum Gasteiger partial charge on any atom is -0.382 e. The van der Waals surface area contributed by atoms with Gasteiger partial charge in [-0.2, -0.15) is 5.10 Å². The second-order valence-corrected chi connectivity index (χ2v) is 4.70. The number of nitrogens with one attached hydrogen (secondary N) is 2. The molecule has 1 aliphatic rings. The van der Waals surface area contributed by atoms with Crippen molar-refractivity contribution in [1.29, 1.82) is 0 Å². The Bertz CT molecular complexity index is 379. The lowest BCUT2D eigenvalue weighted by atomic mass is 10.1. The number of hydrogen-bond acceptors (Lipinski definition) is 3. The molecule has 1 fully saturated rings. The number of aromatic nitrogens is 2. The summed E-state index contributed by atoms with van der Waals surface area (Å²) in [4.78, 5) is 12.0. The van der Waals surface area contributed by atoms with Gasteiger partial charge in [-0.1, -0.05) is 6.92 Å². The van der Waals surface area contributed by atoms with Crippen LogP contribution in [-0.4, -0.2) is 22.1 Å². The number of amides is 1. The topological polar surface area (TPSA) is 83.8 Å². The van der Waals surface area contributed by atoms with Crippen LogP contribution in [0.1, 0.15) is 42.2 Å². The molecule has 1 aromatic rings. The maximum absolute atomic E-state index is 12.0. The van der Waals surface area contributed by atoms with Crippen LogP contribution in [0.3, 0.4) is 0 Å². The van der Waals surface area contributed by atoms with Crippen LogP contribution < -0.4 is 11.1 Å². The number of aromatic amines is 1. The van der Waals surface area contributed by atoms with Gasteiger partial charge in [-0.25, -0.2) is 0 Å². The van der Waals surface area contributed by atoms with Gasteiger partial charge in [0.15, 0.2) is 5.82 Å². The van der Waals surface area contributed by atoms with Crippen LogP contribution in [0.4, 0.5) is 5.82 Å². The summed E-state index contributed by atoms with van der Waals surface area (Å²) in [6.07, 6.45) is 3.30. The fraction of sp³-hybridized carbons (Fsp3) is 0.636. The van der Waals surface area contributed by atoms with E-state index >= 15 is 0 Å². The van der Waals surface area contributed by atoms with E-state index in [1.54, 1.807) is 6.92 Å². The number of carbonyl (C=O) groups is 1. The second kappa shape index (κ2) is 4.15. The second-order valence-electron chi connectivity index (χ2n) is 4.70. The van der Waals surface area contributed by atoms with Gasteiger partial charge >= 0.3 is 0 Å². The Morgan fingerprint density at radius 1 is 1.56 bits per heavy atom. The predicted molar refractivity (Wildman–Crippen MR) is 62.0 cm³/mol. The Morgan fingerprint density at radius 3 is 2.81 bits per heavy atom. The molecule has 0 saturated heterocycles. The molecular formula is C11H18N4O. The lowest BCUT2D eigenvalue weighted by molar-refractivity contribution is 0.0937. The number of hydrogen-bond donors (Lipinski definition) is 3. The first-order valence-electron chi connectivity index (χ1n) is 5.69. The van der Waals surface area contributed by atoms with Gasteiger partial charge in [-0.15, -0.1) is 0 Å². The fourth-order valence-electron chi connectivity index (χ4n) is 2.33. The molecule has 4 N–H and O–H groups in total. The van der Waals surface area contributed by atoms with E-state index < -0.39 is 0 Å². The van der Waals surface area contributed by atoms with Gasteiger partial charge < -0.3 is 11.1 Å². The maximum Gasteiger partial charge on any atom is 0.257 e. The van der Waals surface area contributed by atoms with Crippen LogP contribution >= 0.6 is 0 Å². The summed E-state index contributed by atoms with van der Waals surface area (Å²) >= 11 is 0. The van der Waals surface area contributed by atoms with E-state index in [2.05, 4.69) is 22.4 Å². The molecule has 0 aliphatic heterocycles. The molecule has 0 bridgehead atoms. The molecule has 0 aromatic carbocycles. The molecule has 88 valence electrons. The monoisotopic (exact) mass is 222 g/mol. The van der Waals surface area contributed by atoms with Crippen molar-refractivity contribution in [3.8, 4) is 0 Å². The lowest BCUT2D eigenvalue weighted by Gasteiger charge is -2.12. The van der Waals surface area contributed by atoms with Crippen molar-refractivity contribution in [1.82, 2.24) is 15.5 Å². The number of carbonyl (C=O) groups excluding carboxylic acids is 1. The summed E-state index contributed by atoms with van der Waals surface area (Å²) in [5, 5.41) is 9.55. The van der Waals surface area contributed by atoms with Gasteiger partial charge in [0.25, 0.3) is 5.91 Å². The van der Waals surface area contributed by atoms with Gasteiger partial charge in [-0.05, 0) is 32.1 Å². The third-order valence-electron chi connectivity index (χ3n) is 3.23. The molecule has 1 aromatic heterocycles. The molecule has 16 heavy (non-hydrogen) atoms. The van der Waals surface area contributed by atoms with E-state index in [0.29, 0.717) is 11.5 Å². The molecule has 2 atom stereocenters. The Kier molecular flexibility index (Phi) is 2.85. The van der Waals surface area contributed by atoms with E-state index in [-0.39, 0.29) is 17.8 Å². The number of nitrogens with two attached hydrogens (primary N) is 1. The first-order chi connectivity index (χ1) is 7.58. The van der Waals surface area contributed by atoms with Gasteiger partial charge in [0.1, 0.15) is 5.56 Å². The first-order valence-corrected chi connectivity index (χ1v) is 5.69. The normalized spacial score (nSPS) is 24.6. The molecule has 1 aliphatic carbocycles. The average molecular weight is 222 g/mol. The zero-order valence-corrected chi connectivity index (χ0v) is 9.71. The molecule has 0 spiro atoms. The van der Waals surface area contributed by atoms with Crippen LogP contribution in [0.2, 0.25) is 0 Å². The number of rotatable bonds is 2. The molecule has 2 unspecified atom stereocenters. The number of H-pyrrole nitrogens is 1. The molecule has 5 nitrogen and oxygen atoms in total. The van der Waals surface area contributed by atoms with Crippen molar-refractivity contribution in [3.63, 3.8) is 0 Å². The van der Waals surface area contributed by atoms with Gasteiger partial charge in [0.05, 0.1) is 0 Å². The number of nitrogens with zero attached hydrogens (tertiary/aromatic N) is 1. The molecular weight excluding hydrogens is 204 g/mol. The van der Waals surface area contributed by atoms with E-state index in [0.717, 1.165) is 18.5 Å². The fourth-order valence-corrected chi connectivity index (χ4v) is 2.33. The van der Waals surface area contributed by atoms with Crippen LogP contribution in [0, 0.1) is 12.8 Å². The number of aryl methyl sites for hydroxylation is 1. The largest absolute Gasteiger partial charge is 0.382 e. The first kappa shape index (κ1) is 11.0. The van der Waals surface area contributed by atoms with Crippen LogP contribution in [0.15, 0.2) is 0 Å². The van der Waals surface area contributed by atoms with Crippen molar-refractivity contribution >= 4 is 11.7 Å². The highest BCUT2D eigenvalue weighted by Crippen LogP contribution is 2.25. The van der Waals surface area contributed by atoms with Crippen molar-refractivity contribution in [2.45, 2.75) is 39.2 Å². The summed E-state index contributed by atoms with van der Waals surface area (Å²) in [6, 6.07) is 0.288. The quantitative estimate of drug-likeness (QED) is 0.703. The standard InChI is InChI=1S/C11H18N4O/c1-6-3-4-8(5-6)13-11(16)9-7(2)14-15-10(9)12/h6,8H,3-5H2,1-2H3,(H,13,16)(H3,12,14,15). The van der Waals surface area contributed by atoms with E-state index in [9.17, 15) is 4.79 Å². The van der Waals surface area contributed by atoms with Gasteiger partial charge in [0, 0.05) is 11.7 Å². The summed E-state index contributed by atoms with van der Waals surface area (Å²) in [5.41, 5.74) is 6.85. The number of nitrogen functional groups attached to an aromatic ring is 1. The minimum atomic E-state index is -0.108. The minimum absolute atomic E-state index is 0.108. The predicted octanol–water partition coefficient (Wildman–Crippen LogP) is 1.22. The van der Waals surface area contributed by atoms with E-state index in [4.69, 9.17) is 5.73 Å². The highest BCUT2D eigenvalue weighted by molar-refractivity contribution is 5.99. The molecule has 5 heteroatoms. The Labute approximate surface area is 94.8 Å². The third-order valence-corrected chi connectivity index (χ3v) is 3.23. The average Bonchev–Trinajstić information content (AvgIpc) is 2.74. The third kappa shape index (κ3) is 2.03. The van der Waals surface area contributed by atoms with Crippen LogP contribution in [0.25, 0.3) is 0 Å². The Morgan fingerprint density at radius 2 is 2.31 bits per heavy atom. The Hall–Kier alpha value is -1.52. The molecule has 1 saturated carbocycles. The lowest BCUT2D eigenvalue weighted by Crippen LogP contribution is -2.33. The molecule has 2 rings (SSSR count). The summed E-state index contributed by atoms with van der Waals surface area (Å²) in [5.74, 6) is 0.872. The van der Waals surface area contributed by atoms with Crippen molar-refractivity contribution in [2.75, 3.05) is 5.73 Å². The van der Waals surface area contributed by atoms with Crippen molar-refractivity contribution in [3.05, 3.63) is 11.3 Å². The van der Waals surface area contributed by atoms with Crippen molar-refractivity contribution in [2.24, 2.45) is 5.92 Å². The van der Waals surface area contributed by atoms with Gasteiger partial charge in [-0.3, -0.25) is 9.89 Å². The highest BCUT2D eigenvalue weighted by atomic mass is 16.1. The van der Waals surface area contributed by atoms with Crippen LogP contribution in [0.5, 0.6) is 0 Å². The van der Waals surface area contributed by atoms with E-state index in [1.807, 2.05) is 0 Å². The number of anilines is 1. The van der Waals surface area contributed by atoms with Crippen molar-refractivity contribution < 1.29 is 4.79 Å². The van der Waals surface area contributed by atoms with E-state index in [1.165, 1.54) is 6.42 Å². The molecule has 1 heterocycles. The van der Waals surface area contributed by atoms with Crippen LogP contribution in [-0.2, 0) is 0 Å². The molecule has 0 radical (unpaired) electrons. The zero-order chi connectivity index (χ0) is 11.7. The summed E-state index contributed by atoms with van der Waals surface area (Å²) in [7, 11) is 0.